The third-order valence-electron chi connectivity index (χ3n) is 5.32. The molecule has 1 amide bonds. The Morgan fingerprint density at radius 1 is 1.25 bits per heavy atom. The van der Waals surface area contributed by atoms with E-state index in [1.165, 1.54) is 12.3 Å². The molecule has 1 aliphatic rings. The van der Waals surface area contributed by atoms with E-state index in [0.717, 1.165) is 12.1 Å². The fraction of sp³-hybridized carbons (Fsp3) is 0.318. The molecule has 0 atom stereocenters. The lowest BCUT2D eigenvalue weighted by molar-refractivity contribution is -0.137. The first-order valence-corrected chi connectivity index (χ1v) is 9.99. The van der Waals surface area contributed by atoms with Crippen LogP contribution in [0.3, 0.4) is 0 Å². The predicted octanol–water partition coefficient (Wildman–Crippen LogP) is 4.36. The normalized spacial score (nSPS) is 14.9. The van der Waals surface area contributed by atoms with Crippen molar-refractivity contribution in [3.8, 4) is 17.7 Å². The number of halogens is 3. The molecule has 7 nitrogen and oxygen atoms in total. The Hall–Kier alpha value is -3.74. The number of carbonyl (C=O) groups excluding carboxylic acids is 1. The molecule has 0 aliphatic carbocycles. The SMILES string of the molecule is N#Cc1nc(-c2ccco2)oc1N1CCC(C(=O)NCc2cccc(C(F)(F)F)c2)CC1. The Morgan fingerprint density at radius 2 is 2.03 bits per heavy atom. The van der Waals surface area contributed by atoms with Crippen molar-refractivity contribution < 1.29 is 26.8 Å². The van der Waals surface area contributed by atoms with Crippen LogP contribution < -0.4 is 10.2 Å². The zero-order valence-corrected chi connectivity index (χ0v) is 16.9. The van der Waals surface area contributed by atoms with E-state index in [1.807, 2.05) is 11.0 Å². The van der Waals surface area contributed by atoms with Gasteiger partial charge in [-0.25, -0.2) is 0 Å². The third-order valence-corrected chi connectivity index (χ3v) is 5.32. The van der Waals surface area contributed by atoms with Crippen LogP contribution in [0.25, 0.3) is 11.7 Å². The van der Waals surface area contributed by atoms with Crippen molar-refractivity contribution in [2.75, 3.05) is 18.0 Å². The maximum Gasteiger partial charge on any atom is 0.416 e. The first kappa shape index (κ1) is 21.5. The lowest BCUT2D eigenvalue weighted by Crippen LogP contribution is -2.40. The molecular formula is C22H19F3N4O3. The van der Waals surface area contributed by atoms with Crippen LogP contribution in [-0.4, -0.2) is 24.0 Å². The van der Waals surface area contributed by atoms with Crippen LogP contribution in [0.1, 0.15) is 29.7 Å². The van der Waals surface area contributed by atoms with E-state index in [1.54, 1.807) is 18.2 Å². The number of nitriles is 1. The van der Waals surface area contributed by atoms with Gasteiger partial charge in [-0.05, 0) is 42.7 Å². The number of benzene rings is 1. The molecule has 0 radical (unpaired) electrons. The highest BCUT2D eigenvalue weighted by Crippen LogP contribution is 2.32. The molecule has 1 N–H and O–H groups in total. The molecule has 0 bridgehead atoms. The minimum absolute atomic E-state index is 0.0240. The second-order valence-corrected chi connectivity index (χ2v) is 7.44. The summed E-state index contributed by atoms with van der Waals surface area (Å²) in [6, 6.07) is 10.3. The van der Waals surface area contributed by atoms with Crippen LogP contribution in [0.2, 0.25) is 0 Å². The smallest absolute Gasteiger partial charge is 0.416 e. The van der Waals surface area contributed by atoms with Gasteiger partial charge in [0, 0.05) is 25.6 Å². The Bertz CT molecular complexity index is 1120. The highest BCUT2D eigenvalue weighted by molar-refractivity contribution is 5.79. The minimum Gasteiger partial charge on any atom is -0.459 e. The summed E-state index contributed by atoms with van der Waals surface area (Å²) in [5.74, 6) is 0.465. The average molecular weight is 444 g/mol. The Labute approximate surface area is 181 Å². The van der Waals surface area contributed by atoms with Gasteiger partial charge in [-0.1, -0.05) is 12.1 Å². The molecule has 10 heteroatoms. The molecule has 4 rings (SSSR count). The van der Waals surface area contributed by atoms with Crippen molar-refractivity contribution in [3.63, 3.8) is 0 Å². The summed E-state index contributed by atoms with van der Waals surface area (Å²) >= 11 is 0. The quantitative estimate of drug-likeness (QED) is 0.628. The van der Waals surface area contributed by atoms with Gasteiger partial charge in [-0.2, -0.15) is 23.4 Å². The van der Waals surface area contributed by atoms with Gasteiger partial charge in [-0.3, -0.25) is 4.79 Å². The van der Waals surface area contributed by atoms with E-state index in [-0.39, 0.29) is 30.0 Å². The second-order valence-electron chi connectivity index (χ2n) is 7.44. The first-order valence-electron chi connectivity index (χ1n) is 9.99. The summed E-state index contributed by atoms with van der Waals surface area (Å²) in [6.45, 7) is 0.975. The Balaban J connectivity index is 1.34. The van der Waals surface area contributed by atoms with Gasteiger partial charge in [0.2, 0.25) is 17.5 Å². The lowest BCUT2D eigenvalue weighted by atomic mass is 9.95. The van der Waals surface area contributed by atoms with Gasteiger partial charge in [0.1, 0.15) is 6.07 Å². The van der Waals surface area contributed by atoms with Crippen LogP contribution in [-0.2, 0) is 17.5 Å². The number of nitrogens with zero attached hydrogens (tertiary/aromatic N) is 3. The Kier molecular flexibility index (Phi) is 5.90. The van der Waals surface area contributed by atoms with E-state index in [2.05, 4.69) is 10.3 Å². The zero-order valence-electron chi connectivity index (χ0n) is 16.9. The van der Waals surface area contributed by atoms with E-state index in [0.29, 0.717) is 43.1 Å². The van der Waals surface area contributed by atoms with Crippen LogP contribution in [0.15, 0.2) is 51.5 Å². The van der Waals surface area contributed by atoms with Gasteiger partial charge in [-0.15, -0.1) is 0 Å². The molecule has 3 aromatic rings. The maximum absolute atomic E-state index is 12.8. The van der Waals surface area contributed by atoms with Crippen molar-refractivity contribution in [1.82, 2.24) is 10.3 Å². The number of anilines is 1. The highest BCUT2D eigenvalue weighted by atomic mass is 19.4. The van der Waals surface area contributed by atoms with E-state index in [4.69, 9.17) is 8.83 Å². The van der Waals surface area contributed by atoms with Crippen molar-refractivity contribution in [2.45, 2.75) is 25.6 Å². The molecule has 1 aromatic carbocycles. The lowest BCUT2D eigenvalue weighted by Gasteiger charge is -2.31. The number of oxazole rings is 1. The number of furan rings is 1. The summed E-state index contributed by atoms with van der Waals surface area (Å²) in [5, 5.41) is 12.1. The number of piperidine rings is 1. The van der Waals surface area contributed by atoms with E-state index in [9.17, 15) is 23.2 Å². The summed E-state index contributed by atoms with van der Waals surface area (Å²) in [4.78, 5) is 18.5. The molecule has 1 aliphatic heterocycles. The number of alkyl halides is 3. The topological polar surface area (TPSA) is 95.3 Å². The van der Waals surface area contributed by atoms with Crippen LogP contribution in [0.5, 0.6) is 0 Å². The van der Waals surface area contributed by atoms with Crippen molar-refractivity contribution in [3.05, 3.63) is 59.5 Å². The van der Waals surface area contributed by atoms with Crippen molar-refractivity contribution >= 4 is 11.8 Å². The number of rotatable bonds is 5. The molecule has 32 heavy (non-hydrogen) atoms. The van der Waals surface area contributed by atoms with E-state index >= 15 is 0 Å². The molecule has 2 aromatic heterocycles. The van der Waals surface area contributed by atoms with Crippen molar-refractivity contribution in [1.29, 1.82) is 5.26 Å². The fourth-order valence-electron chi connectivity index (χ4n) is 3.64. The maximum atomic E-state index is 12.8. The van der Waals surface area contributed by atoms with E-state index < -0.39 is 11.7 Å². The highest BCUT2D eigenvalue weighted by Gasteiger charge is 2.31. The van der Waals surface area contributed by atoms with Gasteiger partial charge in [0.25, 0.3) is 5.89 Å². The summed E-state index contributed by atoms with van der Waals surface area (Å²) < 4.78 is 49.5. The minimum atomic E-state index is -4.42. The molecule has 3 heterocycles. The van der Waals surface area contributed by atoms with Crippen LogP contribution >= 0.6 is 0 Å². The standard InChI is InChI=1S/C22H19F3N4O3/c23-22(24,25)16-4-1-3-14(11-16)13-27-19(30)15-6-8-29(9-7-15)21-17(12-26)28-20(32-21)18-5-2-10-31-18/h1-5,10-11,15H,6-9,13H2,(H,27,30). The number of aromatic nitrogens is 1. The fourth-order valence-corrected chi connectivity index (χ4v) is 3.64. The zero-order chi connectivity index (χ0) is 22.7. The molecule has 1 saturated heterocycles. The molecule has 1 fully saturated rings. The van der Waals surface area contributed by atoms with Gasteiger partial charge < -0.3 is 19.1 Å². The molecule has 0 saturated carbocycles. The number of nitrogens with one attached hydrogen (secondary N) is 1. The van der Waals surface area contributed by atoms with Gasteiger partial charge in [0.15, 0.2) is 5.76 Å². The number of carbonyl (C=O) groups is 1. The molecule has 0 spiro atoms. The molecular weight excluding hydrogens is 425 g/mol. The monoisotopic (exact) mass is 444 g/mol. The van der Waals surface area contributed by atoms with Crippen molar-refractivity contribution in [2.24, 2.45) is 5.92 Å². The number of hydrogen-bond donors (Lipinski definition) is 1. The Morgan fingerprint density at radius 3 is 2.69 bits per heavy atom. The number of hydrogen-bond acceptors (Lipinski definition) is 6. The largest absolute Gasteiger partial charge is 0.459 e. The molecule has 0 unspecified atom stereocenters. The average Bonchev–Trinajstić information content (AvgIpc) is 3.47. The first-order chi connectivity index (χ1) is 15.3. The summed E-state index contributed by atoms with van der Waals surface area (Å²) in [6.07, 6.45) is -1.92. The second kappa shape index (κ2) is 8.78. The van der Waals surface area contributed by atoms with Gasteiger partial charge in [0.05, 0.1) is 11.8 Å². The summed E-state index contributed by atoms with van der Waals surface area (Å²) in [5.41, 5.74) is -0.216. The summed E-state index contributed by atoms with van der Waals surface area (Å²) in [7, 11) is 0. The van der Waals surface area contributed by atoms with Crippen LogP contribution in [0.4, 0.5) is 19.1 Å². The number of amides is 1. The van der Waals surface area contributed by atoms with Crippen LogP contribution in [0, 0.1) is 17.2 Å². The molecule has 166 valence electrons. The third kappa shape index (κ3) is 4.61. The van der Waals surface area contributed by atoms with Gasteiger partial charge >= 0.3 is 6.18 Å². The predicted molar refractivity (Wildman–Crippen MR) is 107 cm³/mol.